The SMILES string of the molecule is C[C@@]1(O)[C@H](O)[C@@H](CO[P@@]2(=O)OCC[C@@H](c3ccc(F)c(Cl)c3)O2)O[C@H]1n1ccc2c(=O)[nH]c(N)nc21. The predicted octanol–water partition coefficient (Wildman–Crippen LogP) is 2.41. The molecule has 0 spiro atoms. The van der Waals surface area contributed by atoms with Crippen molar-refractivity contribution in [2.45, 2.75) is 43.5 Å². The molecule has 2 aliphatic rings. The number of nitrogens with zero attached hydrogens (tertiary/aromatic N) is 2. The van der Waals surface area contributed by atoms with Gasteiger partial charge in [0.1, 0.15) is 23.6 Å². The number of H-pyrrole nitrogens is 1. The van der Waals surface area contributed by atoms with Gasteiger partial charge in [-0.25, -0.2) is 8.96 Å². The van der Waals surface area contributed by atoms with Crippen LogP contribution in [0.4, 0.5) is 10.3 Å². The minimum Gasteiger partial charge on any atom is -0.387 e. The summed E-state index contributed by atoms with van der Waals surface area (Å²) in [6, 6.07) is 5.48. The number of rotatable bonds is 5. The molecule has 15 heteroatoms. The lowest BCUT2D eigenvalue weighted by Crippen LogP contribution is -2.44. The number of nitrogens with one attached hydrogen (secondary N) is 1. The number of hydrogen-bond acceptors (Lipinski definition) is 10. The molecule has 0 saturated carbocycles. The van der Waals surface area contributed by atoms with Gasteiger partial charge in [0, 0.05) is 12.6 Å². The van der Waals surface area contributed by atoms with E-state index >= 15 is 0 Å². The van der Waals surface area contributed by atoms with E-state index in [1.54, 1.807) is 0 Å². The van der Waals surface area contributed by atoms with Gasteiger partial charge in [-0.15, -0.1) is 0 Å². The third-order valence-corrected chi connectivity index (χ3v) is 7.97. The van der Waals surface area contributed by atoms with Crippen molar-refractivity contribution in [1.82, 2.24) is 14.5 Å². The number of anilines is 1. The van der Waals surface area contributed by atoms with Gasteiger partial charge in [-0.3, -0.25) is 23.3 Å². The van der Waals surface area contributed by atoms with Crippen LogP contribution in [0.15, 0.2) is 35.3 Å². The first-order valence-corrected chi connectivity index (χ1v) is 12.8. The van der Waals surface area contributed by atoms with Gasteiger partial charge < -0.3 is 25.3 Å². The Morgan fingerprint density at radius 2 is 2.22 bits per heavy atom. The van der Waals surface area contributed by atoms with Crippen LogP contribution in [0.3, 0.4) is 0 Å². The van der Waals surface area contributed by atoms with Crippen LogP contribution in [0.1, 0.15) is 31.2 Å². The number of hydrogen-bond donors (Lipinski definition) is 4. The van der Waals surface area contributed by atoms with E-state index in [1.165, 1.54) is 42.0 Å². The van der Waals surface area contributed by atoms with E-state index in [0.717, 1.165) is 0 Å². The minimum absolute atomic E-state index is 0.0301. The number of aliphatic hydroxyl groups is 2. The van der Waals surface area contributed by atoms with Gasteiger partial charge in [0.2, 0.25) is 5.95 Å². The molecule has 194 valence electrons. The van der Waals surface area contributed by atoms with Crippen LogP contribution in [0.5, 0.6) is 0 Å². The number of phosphoric acid groups is 1. The molecule has 12 nitrogen and oxygen atoms in total. The Bertz CT molecular complexity index is 1410. The van der Waals surface area contributed by atoms with Gasteiger partial charge in [-0.1, -0.05) is 17.7 Å². The summed E-state index contributed by atoms with van der Waals surface area (Å²) in [5.41, 5.74) is 3.96. The van der Waals surface area contributed by atoms with E-state index in [4.69, 9.17) is 35.6 Å². The number of fused-ring (bicyclic) bond motifs is 1. The van der Waals surface area contributed by atoms with Gasteiger partial charge in [0.15, 0.2) is 11.9 Å². The maximum absolute atomic E-state index is 13.5. The molecule has 0 amide bonds. The van der Waals surface area contributed by atoms with E-state index < -0.39 is 55.9 Å². The molecule has 2 saturated heterocycles. The van der Waals surface area contributed by atoms with Crippen molar-refractivity contribution >= 4 is 36.4 Å². The first kappa shape index (κ1) is 25.3. The van der Waals surface area contributed by atoms with Crippen molar-refractivity contribution in [2.75, 3.05) is 18.9 Å². The van der Waals surface area contributed by atoms with Crippen LogP contribution in [-0.2, 0) is 22.9 Å². The number of aromatic nitrogens is 3. The molecule has 2 fully saturated rings. The highest BCUT2D eigenvalue weighted by atomic mass is 35.5. The molecule has 0 radical (unpaired) electrons. The summed E-state index contributed by atoms with van der Waals surface area (Å²) in [5.74, 6) is -0.731. The number of nitrogen functional groups attached to an aromatic ring is 1. The van der Waals surface area contributed by atoms with E-state index in [1.807, 2.05) is 0 Å². The lowest BCUT2D eigenvalue weighted by atomic mass is 9.96. The first-order chi connectivity index (χ1) is 17.0. The monoisotopic (exact) mass is 544 g/mol. The van der Waals surface area contributed by atoms with Crippen LogP contribution in [0.25, 0.3) is 11.0 Å². The Labute approximate surface area is 208 Å². The predicted molar refractivity (Wildman–Crippen MR) is 125 cm³/mol. The van der Waals surface area contributed by atoms with Crippen LogP contribution < -0.4 is 11.3 Å². The van der Waals surface area contributed by atoms with Gasteiger partial charge >= 0.3 is 7.82 Å². The molecule has 2 aromatic heterocycles. The van der Waals surface area contributed by atoms with Crippen LogP contribution in [0, 0.1) is 5.82 Å². The van der Waals surface area contributed by atoms with Gasteiger partial charge in [-0.2, -0.15) is 4.98 Å². The Balaban J connectivity index is 1.32. The molecule has 0 aliphatic carbocycles. The number of phosphoric ester groups is 1. The van der Waals surface area contributed by atoms with Crippen molar-refractivity contribution in [3.8, 4) is 0 Å². The lowest BCUT2D eigenvalue weighted by Gasteiger charge is -2.30. The molecule has 5 rings (SSSR count). The molecule has 1 aromatic carbocycles. The number of aromatic amines is 1. The fourth-order valence-corrected chi connectivity index (χ4v) is 5.89. The molecule has 36 heavy (non-hydrogen) atoms. The number of nitrogens with two attached hydrogens (primary N) is 1. The molecular formula is C21H23ClFN4O8P. The molecule has 5 N–H and O–H groups in total. The number of benzene rings is 1. The Morgan fingerprint density at radius 1 is 1.44 bits per heavy atom. The highest BCUT2D eigenvalue weighted by molar-refractivity contribution is 7.48. The van der Waals surface area contributed by atoms with Crippen LogP contribution in [-0.4, -0.2) is 55.8 Å². The van der Waals surface area contributed by atoms with E-state index in [-0.39, 0.29) is 28.6 Å². The second-order valence-corrected chi connectivity index (χ2v) is 10.8. The zero-order valence-electron chi connectivity index (χ0n) is 18.8. The van der Waals surface area contributed by atoms with Crippen molar-refractivity contribution < 1.29 is 37.5 Å². The fourth-order valence-electron chi connectivity index (χ4n) is 4.31. The molecule has 0 bridgehead atoms. The Hall–Kier alpha value is -2.35. The fraction of sp³-hybridized carbons (Fsp3) is 0.429. The summed E-state index contributed by atoms with van der Waals surface area (Å²) in [5, 5.41) is 21.9. The highest BCUT2D eigenvalue weighted by Crippen LogP contribution is 2.57. The standard InChI is InChI=1S/C21H23ClFN4O8P/c1-21(30)16(28)15(34-19(21)27-6-4-11-17(27)25-20(24)26-18(11)29)9-33-36(31)32-7-5-14(35-36)10-2-3-13(23)12(22)8-10/h2-4,6,8,14-16,19,28,30H,5,7,9H2,1H3,(H3,24,25,26,29)/t14-,15+,16+,19+,21+,36+/m0/s1. The zero-order valence-corrected chi connectivity index (χ0v) is 20.5. The number of aliphatic hydroxyl groups excluding tert-OH is 1. The van der Waals surface area contributed by atoms with Crippen LogP contribution >= 0.6 is 19.4 Å². The number of halogens is 2. The molecule has 2 aliphatic heterocycles. The summed E-state index contributed by atoms with van der Waals surface area (Å²) in [7, 11) is -4.11. The Morgan fingerprint density at radius 3 is 2.97 bits per heavy atom. The van der Waals surface area contributed by atoms with E-state index in [9.17, 15) is 24.0 Å². The van der Waals surface area contributed by atoms with Crippen molar-refractivity contribution in [3.05, 3.63) is 57.2 Å². The largest absolute Gasteiger partial charge is 0.475 e. The van der Waals surface area contributed by atoms with Crippen molar-refractivity contribution in [1.29, 1.82) is 0 Å². The summed E-state index contributed by atoms with van der Waals surface area (Å²) < 4.78 is 50.0. The third-order valence-electron chi connectivity index (χ3n) is 6.21. The number of ether oxygens (including phenoxy) is 1. The quantitative estimate of drug-likeness (QED) is 0.349. The van der Waals surface area contributed by atoms with Gasteiger partial charge in [0.25, 0.3) is 5.56 Å². The smallest absolute Gasteiger partial charge is 0.387 e. The second kappa shape index (κ2) is 9.19. The van der Waals surface area contributed by atoms with Crippen LogP contribution in [0.2, 0.25) is 5.02 Å². The summed E-state index contributed by atoms with van der Waals surface area (Å²) >= 11 is 5.84. The average molecular weight is 545 g/mol. The maximum atomic E-state index is 13.5. The molecule has 4 heterocycles. The second-order valence-electron chi connectivity index (χ2n) is 8.74. The minimum atomic E-state index is -4.11. The summed E-state index contributed by atoms with van der Waals surface area (Å²) in [6.07, 6.45) is -2.76. The lowest BCUT2D eigenvalue weighted by molar-refractivity contribution is -0.0950. The van der Waals surface area contributed by atoms with Gasteiger partial charge in [-0.05, 0) is 30.7 Å². The first-order valence-electron chi connectivity index (χ1n) is 10.9. The summed E-state index contributed by atoms with van der Waals surface area (Å²) in [6.45, 7) is 0.911. The van der Waals surface area contributed by atoms with Gasteiger partial charge in [0.05, 0.1) is 29.7 Å². The van der Waals surface area contributed by atoms with E-state index in [0.29, 0.717) is 12.0 Å². The molecule has 6 atom stereocenters. The van der Waals surface area contributed by atoms with E-state index in [2.05, 4.69) is 9.97 Å². The zero-order chi connectivity index (χ0) is 25.8. The molecule has 3 aromatic rings. The van der Waals surface area contributed by atoms with Crippen molar-refractivity contribution in [2.24, 2.45) is 0 Å². The maximum Gasteiger partial charge on any atom is 0.475 e. The normalized spacial score (nSPS) is 32.8. The topological polar surface area (TPSA) is 171 Å². The average Bonchev–Trinajstić information content (AvgIpc) is 3.33. The molecular weight excluding hydrogens is 522 g/mol. The van der Waals surface area contributed by atoms with Crippen molar-refractivity contribution in [3.63, 3.8) is 0 Å². The Kier molecular flexibility index (Phi) is 6.46. The highest BCUT2D eigenvalue weighted by Gasteiger charge is 2.54. The molecule has 0 unspecified atom stereocenters. The third kappa shape index (κ3) is 4.46. The summed E-state index contributed by atoms with van der Waals surface area (Å²) in [4.78, 5) is 18.6.